The number of phenolic OH excluding ortho intramolecular Hbond substituents is 1. The minimum absolute atomic E-state index is 0.0641. The highest BCUT2D eigenvalue weighted by molar-refractivity contribution is 6.28. The summed E-state index contributed by atoms with van der Waals surface area (Å²) in [5.41, 5.74) is 2.69. The Kier molecular flexibility index (Phi) is 4.22. The number of aromatic hydroxyl groups is 1. The molecule has 1 heterocycles. The summed E-state index contributed by atoms with van der Waals surface area (Å²) < 4.78 is 0. The van der Waals surface area contributed by atoms with E-state index in [1.807, 2.05) is 18.2 Å². The zero-order valence-corrected chi connectivity index (χ0v) is 14.3. The van der Waals surface area contributed by atoms with Gasteiger partial charge >= 0.3 is 0 Å². The Morgan fingerprint density at radius 2 is 1.07 bits per heavy atom. The molecule has 1 N–H and O–H groups in total. The van der Waals surface area contributed by atoms with E-state index in [1.165, 1.54) is 0 Å². The molecule has 3 aromatic carbocycles. The number of carbonyl (C=O) groups excluding carboxylic acids is 2. The predicted octanol–water partition coefficient (Wildman–Crippen LogP) is 4.40. The van der Waals surface area contributed by atoms with Crippen molar-refractivity contribution < 1.29 is 14.7 Å². The minimum Gasteiger partial charge on any atom is -0.506 e. The molecule has 4 heteroatoms. The maximum atomic E-state index is 12.1. The van der Waals surface area contributed by atoms with Gasteiger partial charge in [-0.15, -0.1) is 0 Å². The second-order valence-electron chi connectivity index (χ2n) is 6.10. The van der Waals surface area contributed by atoms with Gasteiger partial charge in [-0.3, -0.25) is 14.6 Å². The summed E-state index contributed by atoms with van der Waals surface area (Å²) in [6, 6.07) is 23.0. The normalized spacial score (nSPS) is 12.0. The first-order valence-electron chi connectivity index (χ1n) is 8.47. The molecule has 0 saturated heterocycles. The topological polar surface area (TPSA) is 67.3 Å². The van der Waals surface area contributed by atoms with E-state index in [0.29, 0.717) is 27.8 Å². The molecule has 4 aromatic rings. The fourth-order valence-corrected chi connectivity index (χ4v) is 3.14. The van der Waals surface area contributed by atoms with Gasteiger partial charge in [0.05, 0.1) is 0 Å². The Labute approximate surface area is 155 Å². The first-order chi connectivity index (χ1) is 13.2. The van der Waals surface area contributed by atoms with Crippen molar-refractivity contribution in [2.45, 2.75) is 0 Å². The molecule has 0 saturated carbocycles. The maximum Gasteiger partial charge on any atom is 0.194 e. The third-order valence-electron chi connectivity index (χ3n) is 4.44. The fourth-order valence-electron chi connectivity index (χ4n) is 3.14. The van der Waals surface area contributed by atoms with Crippen molar-refractivity contribution in [3.8, 4) is 5.75 Å². The van der Waals surface area contributed by atoms with Gasteiger partial charge in [0.25, 0.3) is 0 Å². The lowest BCUT2D eigenvalue weighted by atomic mass is 9.84. The highest BCUT2D eigenvalue weighted by atomic mass is 16.3. The smallest absolute Gasteiger partial charge is 0.194 e. The Morgan fingerprint density at radius 1 is 0.593 bits per heavy atom. The summed E-state index contributed by atoms with van der Waals surface area (Å²) >= 11 is 0. The molecule has 1 aliphatic rings. The standard InChI is InChI=1S/C14H8O2.C9H7NO/c15-13-9-5-1-2-6-10(9)14(16)12-8-4-3-7-11(12)13;11-8-5-1-3-7-4-2-6-10-9(7)8/h1-8H;1-6,11H. The molecule has 1 aliphatic carbocycles. The van der Waals surface area contributed by atoms with Crippen LogP contribution in [0.4, 0.5) is 0 Å². The van der Waals surface area contributed by atoms with E-state index in [4.69, 9.17) is 0 Å². The van der Waals surface area contributed by atoms with Crippen LogP contribution < -0.4 is 0 Å². The van der Waals surface area contributed by atoms with E-state index >= 15 is 0 Å². The van der Waals surface area contributed by atoms with Crippen LogP contribution in [0, 0.1) is 0 Å². The van der Waals surface area contributed by atoms with Crippen LogP contribution in [0.15, 0.2) is 85.1 Å². The van der Waals surface area contributed by atoms with Gasteiger partial charge in [-0.1, -0.05) is 66.7 Å². The SMILES string of the molecule is O=C1c2ccccc2C(=O)c2ccccc21.Oc1cccc2cccnc12. The summed E-state index contributed by atoms with van der Waals surface area (Å²) in [6.07, 6.45) is 1.67. The van der Waals surface area contributed by atoms with Crippen molar-refractivity contribution in [2.24, 2.45) is 0 Å². The van der Waals surface area contributed by atoms with Crippen molar-refractivity contribution >= 4 is 22.5 Å². The molecule has 0 spiro atoms. The number of para-hydroxylation sites is 1. The summed E-state index contributed by atoms with van der Waals surface area (Å²) in [5.74, 6) is 0.111. The molecule has 0 fully saturated rings. The number of fused-ring (bicyclic) bond motifs is 3. The lowest BCUT2D eigenvalue weighted by Gasteiger charge is -2.16. The number of benzene rings is 3. The highest BCUT2D eigenvalue weighted by Crippen LogP contribution is 2.26. The molecule has 0 amide bonds. The van der Waals surface area contributed by atoms with Crippen LogP contribution in [0.2, 0.25) is 0 Å². The molecule has 130 valence electrons. The number of nitrogens with zero attached hydrogens (tertiary/aromatic N) is 1. The summed E-state index contributed by atoms with van der Waals surface area (Å²) in [5, 5.41) is 10.3. The van der Waals surface area contributed by atoms with Crippen LogP contribution in [-0.2, 0) is 0 Å². The molecule has 0 atom stereocenters. The number of ketones is 2. The average Bonchev–Trinajstić information content (AvgIpc) is 2.73. The Morgan fingerprint density at radius 3 is 1.56 bits per heavy atom. The molecular formula is C23H15NO3. The molecule has 1 aromatic heterocycles. The van der Waals surface area contributed by atoms with E-state index in [2.05, 4.69) is 4.98 Å². The molecule has 27 heavy (non-hydrogen) atoms. The van der Waals surface area contributed by atoms with Crippen molar-refractivity contribution in [1.82, 2.24) is 4.98 Å². The van der Waals surface area contributed by atoms with Crippen LogP contribution in [0.25, 0.3) is 10.9 Å². The van der Waals surface area contributed by atoms with E-state index in [-0.39, 0.29) is 17.3 Å². The molecule has 0 unspecified atom stereocenters. The summed E-state index contributed by atoms with van der Waals surface area (Å²) in [4.78, 5) is 28.2. The van der Waals surface area contributed by atoms with Crippen LogP contribution in [0.1, 0.15) is 31.8 Å². The van der Waals surface area contributed by atoms with Gasteiger partial charge in [0.2, 0.25) is 0 Å². The predicted molar refractivity (Wildman–Crippen MR) is 103 cm³/mol. The number of pyridine rings is 1. The average molecular weight is 353 g/mol. The maximum absolute atomic E-state index is 12.1. The number of carbonyl (C=O) groups is 2. The monoisotopic (exact) mass is 353 g/mol. The van der Waals surface area contributed by atoms with Gasteiger partial charge in [0, 0.05) is 33.8 Å². The second-order valence-corrected chi connectivity index (χ2v) is 6.10. The first-order valence-corrected chi connectivity index (χ1v) is 8.47. The Balaban J connectivity index is 0.000000143. The molecule has 0 radical (unpaired) electrons. The van der Waals surface area contributed by atoms with Gasteiger partial charge in [-0.2, -0.15) is 0 Å². The van der Waals surface area contributed by atoms with Gasteiger partial charge in [0.1, 0.15) is 11.3 Å². The lowest BCUT2D eigenvalue weighted by molar-refractivity contribution is 0.0979. The van der Waals surface area contributed by atoms with Crippen molar-refractivity contribution in [3.63, 3.8) is 0 Å². The highest BCUT2D eigenvalue weighted by Gasteiger charge is 2.28. The summed E-state index contributed by atoms with van der Waals surface area (Å²) in [7, 11) is 0. The van der Waals surface area contributed by atoms with Crippen LogP contribution in [0.5, 0.6) is 5.75 Å². The van der Waals surface area contributed by atoms with Gasteiger partial charge in [-0.05, 0) is 12.1 Å². The Bertz CT molecular complexity index is 1070. The van der Waals surface area contributed by atoms with E-state index < -0.39 is 0 Å². The number of hydrogen-bond acceptors (Lipinski definition) is 4. The van der Waals surface area contributed by atoms with Crippen LogP contribution in [-0.4, -0.2) is 21.7 Å². The second kappa shape index (κ2) is 6.84. The molecule has 5 rings (SSSR count). The van der Waals surface area contributed by atoms with Gasteiger partial charge < -0.3 is 5.11 Å². The minimum atomic E-state index is -0.0641. The van der Waals surface area contributed by atoms with Crippen molar-refractivity contribution in [1.29, 1.82) is 0 Å². The van der Waals surface area contributed by atoms with Crippen LogP contribution in [0.3, 0.4) is 0 Å². The zero-order valence-electron chi connectivity index (χ0n) is 14.3. The molecule has 4 nitrogen and oxygen atoms in total. The Hall–Kier alpha value is -3.79. The van der Waals surface area contributed by atoms with Gasteiger partial charge in [-0.25, -0.2) is 0 Å². The number of phenols is 1. The zero-order chi connectivity index (χ0) is 18.8. The molecule has 0 bridgehead atoms. The third-order valence-corrected chi connectivity index (χ3v) is 4.44. The van der Waals surface area contributed by atoms with E-state index in [9.17, 15) is 14.7 Å². The molecular weight excluding hydrogens is 338 g/mol. The summed E-state index contributed by atoms with van der Waals surface area (Å²) in [6.45, 7) is 0. The van der Waals surface area contributed by atoms with E-state index in [0.717, 1.165) is 5.39 Å². The van der Waals surface area contributed by atoms with Crippen LogP contribution >= 0.6 is 0 Å². The quantitative estimate of drug-likeness (QED) is 0.448. The van der Waals surface area contributed by atoms with Gasteiger partial charge in [0.15, 0.2) is 11.6 Å². The number of aromatic nitrogens is 1. The number of hydrogen-bond donors (Lipinski definition) is 1. The largest absolute Gasteiger partial charge is 0.506 e. The molecule has 0 aliphatic heterocycles. The van der Waals surface area contributed by atoms with Crippen molar-refractivity contribution in [2.75, 3.05) is 0 Å². The first kappa shape index (κ1) is 16.7. The van der Waals surface area contributed by atoms with E-state index in [1.54, 1.807) is 66.9 Å². The lowest BCUT2D eigenvalue weighted by Crippen LogP contribution is -2.20. The fraction of sp³-hybridized carbons (Fsp3) is 0. The number of rotatable bonds is 0. The van der Waals surface area contributed by atoms with Crippen molar-refractivity contribution in [3.05, 3.63) is 107 Å². The third kappa shape index (κ3) is 2.98.